The first-order valence-corrected chi connectivity index (χ1v) is 9.99. The summed E-state index contributed by atoms with van der Waals surface area (Å²) in [5, 5.41) is 0.651. The minimum absolute atomic E-state index is 0.0774. The zero-order chi connectivity index (χ0) is 19.4. The Morgan fingerprint density at radius 3 is 2.75 bits per heavy atom. The molecule has 3 aromatic heterocycles. The van der Waals surface area contributed by atoms with Crippen LogP contribution in [0.4, 0.5) is 0 Å². The van der Waals surface area contributed by atoms with Gasteiger partial charge in [0.15, 0.2) is 4.96 Å². The van der Waals surface area contributed by atoms with E-state index >= 15 is 0 Å². The van der Waals surface area contributed by atoms with Gasteiger partial charge in [-0.3, -0.25) is 4.79 Å². The highest BCUT2D eigenvalue weighted by Gasteiger charge is 2.13. The Labute approximate surface area is 169 Å². The SMILES string of the molecule is Cc1cc2nc3s/c(=C/c4ccc(-c5cccc(Cl)c5)o4)c(=O)n3c2cc1C. The molecule has 138 valence electrons. The van der Waals surface area contributed by atoms with Gasteiger partial charge in [-0.2, -0.15) is 0 Å². The Kier molecular flexibility index (Phi) is 3.89. The van der Waals surface area contributed by atoms with Gasteiger partial charge in [0.2, 0.25) is 0 Å². The fraction of sp³-hybridized carbons (Fsp3) is 0.0909. The fourth-order valence-corrected chi connectivity index (χ4v) is 4.43. The third-order valence-electron chi connectivity index (χ3n) is 4.86. The molecule has 0 saturated carbocycles. The molecule has 0 bridgehead atoms. The number of fused-ring (bicyclic) bond motifs is 3. The van der Waals surface area contributed by atoms with Crippen molar-refractivity contribution in [3.63, 3.8) is 0 Å². The lowest BCUT2D eigenvalue weighted by Gasteiger charge is -1.98. The van der Waals surface area contributed by atoms with E-state index in [1.165, 1.54) is 16.9 Å². The molecular weight excluding hydrogens is 392 g/mol. The van der Waals surface area contributed by atoms with Crippen molar-refractivity contribution in [1.29, 1.82) is 0 Å². The smallest absolute Gasteiger partial charge is 0.275 e. The first kappa shape index (κ1) is 17.2. The van der Waals surface area contributed by atoms with Gasteiger partial charge < -0.3 is 4.42 Å². The third kappa shape index (κ3) is 2.75. The number of halogens is 1. The van der Waals surface area contributed by atoms with Crippen LogP contribution in [0.25, 0.3) is 33.4 Å². The van der Waals surface area contributed by atoms with E-state index in [9.17, 15) is 4.79 Å². The zero-order valence-corrected chi connectivity index (χ0v) is 16.8. The molecule has 0 amide bonds. The predicted molar refractivity (Wildman–Crippen MR) is 114 cm³/mol. The van der Waals surface area contributed by atoms with E-state index in [-0.39, 0.29) is 5.56 Å². The highest BCUT2D eigenvalue weighted by Crippen LogP contribution is 2.25. The van der Waals surface area contributed by atoms with Crippen LogP contribution < -0.4 is 10.1 Å². The van der Waals surface area contributed by atoms with Crippen molar-refractivity contribution in [2.75, 3.05) is 0 Å². The van der Waals surface area contributed by atoms with E-state index in [2.05, 4.69) is 4.98 Å². The first-order chi connectivity index (χ1) is 13.5. The molecular formula is C22H15ClN2O2S. The predicted octanol–water partition coefficient (Wildman–Crippen LogP) is 4.99. The van der Waals surface area contributed by atoms with Crippen molar-refractivity contribution in [2.24, 2.45) is 0 Å². The number of aryl methyl sites for hydroxylation is 2. The van der Waals surface area contributed by atoms with Gasteiger partial charge in [-0.15, -0.1) is 0 Å². The second-order valence-electron chi connectivity index (χ2n) is 6.78. The summed E-state index contributed by atoms with van der Waals surface area (Å²) in [6.07, 6.45) is 1.77. The number of furan rings is 1. The maximum Gasteiger partial charge on any atom is 0.275 e. The Morgan fingerprint density at radius 1 is 1.11 bits per heavy atom. The van der Waals surface area contributed by atoms with Crippen molar-refractivity contribution in [3.8, 4) is 11.3 Å². The van der Waals surface area contributed by atoms with Crippen LogP contribution in [-0.2, 0) is 0 Å². The van der Waals surface area contributed by atoms with E-state index in [0.29, 0.717) is 26.0 Å². The quantitative estimate of drug-likeness (QED) is 0.415. The number of hydrogen-bond donors (Lipinski definition) is 0. The van der Waals surface area contributed by atoms with E-state index in [1.807, 2.05) is 62.4 Å². The van der Waals surface area contributed by atoms with Crippen LogP contribution in [0.1, 0.15) is 16.9 Å². The van der Waals surface area contributed by atoms with Crippen LogP contribution in [0.3, 0.4) is 0 Å². The lowest BCUT2D eigenvalue weighted by atomic mass is 10.1. The Morgan fingerprint density at radius 2 is 1.93 bits per heavy atom. The van der Waals surface area contributed by atoms with Crippen molar-refractivity contribution in [1.82, 2.24) is 9.38 Å². The maximum absolute atomic E-state index is 13.0. The summed E-state index contributed by atoms with van der Waals surface area (Å²) in [7, 11) is 0. The summed E-state index contributed by atoms with van der Waals surface area (Å²) in [5.41, 5.74) is 4.82. The number of aromatic nitrogens is 2. The maximum atomic E-state index is 13.0. The monoisotopic (exact) mass is 406 g/mol. The normalized spacial score (nSPS) is 12.5. The molecule has 0 aliphatic carbocycles. The second kappa shape index (κ2) is 6.33. The summed E-state index contributed by atoms with van der Waals surface area (Å²) >= 11 is 7.42. The highest BCUT2D eigenvalue weighted by molar-refractivity contribution is 7.15. The molecule has 5 rings (SSSR count). The van der Waals surface area contributed by atoms with Crippen molar-refractivity contribution in [3.05, 3.63) is 85.3 Å². The summed E-state index contributed by atoms with van der Waals surface area (Å²) in [6, 6.07) is 15.2. The molecule has 0 fully saturated rings. The van der Waals surface area contributed by atoms with Gasteiger partial charge in [0, 0.05) is 16.7 Å². The molecule has 0 aliphatic rings. The van der Waals surface area contributed by atoms with Gasteiger partial charge in [-0.25, -0.2) is 9.38 Å². The summed E-state index contributed by atoms with van der Waals surface area (Å²) in [4.78, 5) is 18.3. The lowest BCUT2D eigenvalue weighted by molar-refractivity contribution is 0.571. The zero-order valence-electron chi connectivity index (χ0n) is 15.2. The number of benzene rings is 2. The van der Waals surface area contributed by atoms with Gasteiger partial charge in [-0.05, 0) is 61.4 Å². The van der Waals surface area contributed by atoms with Gasteiger partial charge in [0.25, 0.3) is 5.56 Å². The average molecular weight is 407 g/mol. The Hall–Kier alpha value is -2.89. The molecule has 0 spiro atoms. The number of hydrogen-bond acceptors (Lipinski definition) is 4. The number of rotatable bonds is 2. The van der Waals surface area contributed by atoms with Gasteiger partial charge >= 0.3 is 0 Å². The minimum Gasteiger partial charge on any atom is -0.457 e. The molecule has 6 heteroatoms. The van der Waals surface area contributed by atoms with Crippen molar-refractivity contribution < 1.29 is 4.42 Å². The van der Waals surface area contributed by atoms with Gasteiger partial charge in [0.05, 0.1) is 11.0 Å². The Bertz CT molecular complexity index is 1480. The molecule has 4 nitrogen and oxygen atoms in total. The molecule has 5 aromatic rings. The van der Waals surface area contributed by atoms with E-state index in [1.54, 1.807) is 10.5 Å². The Balaban J connectivity index is 1.64. The summed E-state index contributed by atoms with van der Waals surface area (Å²) in [5.74, 6) is 1.33. The largest absolute Gasteiger partial charge is 0.457 e. The van der Waals surface area contributed by atoms with Crippen LogP contribution in [-0.4, -0.2) is 9.38 Å². The number of imidazole rings is 1. The average Bonchev–Trinajstić information content (AvgIpc) is 3.33. The molecule has 0 radical (unpaired) electrons. The standard InChI is InChI=1S/C22H15ClN2O2S/c1-12-8-17-18(9-13(12)2)25-21(26)20(28-22(25)24-17)11-16-6-7-19(27-16)14-4-3-5-15(23)10-14/h3-11H,1-2H3/b20-11+. The molecule has 0 aliphatic heterocycles. The molecule has 0 unspecified atom stereocenters. The fourth-order valence-electron chi connectivity index (χ4n) is 3.28. The molecule has 0 atom stereocenters. The molecule has 0 N–H and O–H groups in total. The van der Waals surface area contributed by atoms with Crippen LogP contribution in [0.5, 0.6) is 0 Å². The molecule has 3 heterocycles. The minimum atomic E-state index is -0.0774. The third-order valence-corrected chi connectivity index (χ3v) is 6.07. The molecule has 2 aromatic carbocycles. The summed E-state index contributed by atoms with van der Waals surface area (Å²) in [6.45, 7) is 4.09. The van der Waals surface area contributed by atoms with Crippen molar-refractivity contribution >= 4 is 45.0 Å². The van der Waals surface area contributed by atoms with Gasteiger partial charge in [-0.1, -0.05) is 35.1 Å². The molecule has 0 saturated heterocycles. The van der Waals surface area contributed by atoms with E-state index < -0.39 is 0 Å². The van der Waals surface area contributed by atoms with E-state index in [4.69, 9.17) is 16.0 Å². The lowest BCUT2D eigenvalue weighted by Crippen LogP contribution is -2.22. The number of nitrogens with zero attached hydrogens (tertiary/aromatic N) is 2. The highest BCUT2D eigenvalue weighted by atomic mass is 35.5. The topological polar surface area (TPSA) is 47.5 Å². The van der Waals surface area contributed by atoms with Crippen LogP contribution in [0, 0.1) is 13.8 Å². The van der Waals surface area contributed by atoms with Crippen LogP contribution in [0.15, 0.2) is 57.7 Å². The number of thiazole rings is 1. The van der Waals surface area contributed by atoms with Crippen LogP contribution >= 0.6 is 22.9 Å². The first-order valence-electron chi connectivity index (χ1n) is 8.79. The van der Waals surface area contributed by atoms with Crippen LogP contribution in [0.2, 0.25) is 5.02 Å². The van der Waals surface area contributed by atoms with Gasteiger partial charge in [0.1, 0.15) is 16.1 Å². The molecule has 28 heavy (non-hydrogen) atoms. The van der Waals surface area contributed by atoms with Crippen molar-refractivity contribution in [2.45, 2.75) is 13.8 Å². The van der Waals surface area contributed by atoms with E-state index in [0.717, 1.165) is 22.2 Å². The summed E-state index contributed by atoms with van der Waals surface area (Å²) < 4.78 is 8.17. The second-order valence-corrected chi connectivity index (χ2v) is 8.23.